The van der Waals surface area contributed by atoms with Crippen LogP contribution in [0.25, 0.3) is 0 Å². The predicted octanol–water partition coefficient (Wildman–Crippen LogP) is 3.64. The van der Waals surface area contributed by atoms with Crippen LogP contribution in [0.4, 0.5) is 5.82 Å². The van der Waals surface area contributed by atoms with Gasteiger partial charge in [0.25, 0.3) is 0 Å². The number of anilines is 1. The standard InChI is InChI=1S/C15H16BrN3O/c16-13-4-5-14(18-9-13)17-7-12-3-6-15(19-8-12)20-10-11-1-2-11/h3-6,8-9,11H,1-2,7,10H2,(H,17,18). The molecule has 1 saturated carbocycles. The summed E-state index contributed by atoms with van der Waals surface area (Å²) in [6.07, 6.45) is 6.20. The zero-order valence-electron chi connectivity index (χ0n) is 11.1. The van der Waals surface area contributed by atoms with Gasteiger partial charge in [-0.15, -0.1) is 0 Å². The number of pyridine rings is 2. The van der Waals surface area contributed by atoms with Crippen molar-refractivity contribution in [2.45, 2.75) is 19.4 Å². The molecule has 0 aliphatic heterocycles. The third-order valence-corrected chi connectivity index (χ3v) is 3.63. The zero-order chi connectivity index (χ0) is 13.8. The minimum atomic E-state index is 0.699. The van der Waals surface area contributed by atoms with Crippen molar-refractivity contribution >= 4 is 21.7 Å². The van der Waals surface area contributed by atoms with Crippen LogP contribution in [-0.4, -0.2) is 16.6 Å². The molecule has 104 valence electrons. The molecule has 0 aromatic carbocycles. The van der Waals surface area contributed by atoms with Crippen molar-refractivity contribution in [1.29, 1.82) is 0 Å². The van der Waals surface area contributed by atoms with Crippen LogP contribution in [0.5, 0.6) is 5.88 Å². The SMILES string of the molecule is Brc1ccc(NCc2ccc(OCC3CC3)nc2)nc1. The van der Waals surface area contributed by atoms with Crippen molar-refractivity contribution in [2.75, 3.05) is 11.9 Å². The fourth-order valence-electron chi connectivity index (χ4n) is 1.76. The van der Waals surface area contributed by atoms with E-state index in [4.69, 9.17) is 4.74 Å². The average molecular weight is 334 g/mol. The second-order valence-electron chi connectivity index (χ2n) is 4.97. The number of nitrogens with zero attached hydrogens (tertiary/aromatic N) is 2. The van der Waals surface area contributed by atoms with Crippen LogP contribution < -0.4 is 10.1 Å². The van der Waals surface area contributed by atoms with Crippen molar-refractivity contribution in [3.63, 3.8) is 0 Å². The smallest absolute Gasteiger partial charge is 0.213 e. The van der Waals surface area contributed by atoms with Gasteiger partial charge >= 0.3 is 0 Å². The lowest BCUT2D eigenvalue weighted by Gasteiger charge is -2.07. The Morgan fingerprint density at radius 2 is 2.05 bits per heavy atom. The Morgan fingerprint density at radius 1 is 1.15 bits per heavy atom. The maximum Gasteiger partial charge on any atom is 0.213 e. The van der Waals surface area contributed by atoms with Crippen LogP contribution in [0, 0.1) is 5.92 Å². The molecule has 0 bridgehead atoms. The van der Waals surface area contributed by atoms with E-state index >= 15 is 0 Å². The summed E-state index contributed by atoms with van der Waals surface area (Å²) < 4.78 is 6.59. The molecule has 5 heteroatoms. The maximum absolute atomic E-state index is 5.61. The van der Waals surface area contributed by atoms with Crippen LogP contribution in [0.2, 0.25) is 0 Å². The second kappa shape index (κ2) is 6.22. The van der Waals surface area contributed by atoms with Gasteiger partial charge in [-0.1, -0.05) is 6.07 Å². The summed E-state index contributed by atoms with van der Waals surface area (Å²) in [5.41, 5.74) is 1.11. The molecule has 2 heterocycles. The van der Waals surface area contributed by atoms with Gasteiger partial charge in [-0.2, -0.15) is 0 Å². The van der Waals surface area contributed by atoms with Gasteiger partial charge < -0.3 is 10.1 Å². The summed E-state index contributed by atoms with van der Waals surface area (Å²) in [6, 6.07) is 7.85. The minimum absolute atomic E-state index is 0.699. The summed E-state index contributed by atoms with van der Waals surface area (Å²) in [4.78, 5) is 8.58. The Hall–Kier alpha value is -1.62. The maximum atomic E-state index is 5.61. The largest absolute Gasteiger partial charge is 0.477 e. The number of hydrogen-bond acceptors (Lipinski definition) is 4. The summed E-state index contributed by atoms with van der Waals surface area (Å²) >= 11 is 3.36. The fourth-order valence-corrected chi connectivity index (χ4v) is 2.00. The molecule has 0 atom stereocenters. The van der Waals surface area contributed by atoms with E-state index in [-0.39, 0.29) is 0 Å². The van der Waals surface area contributed by atoms with Crippen molar-refractivity contribution in [3.8, 4) is 5.88 Å². The van der Waals surface area contributed by atoms with E-state index in [0.29, 0.717) is 12.4 Å². The summed E-state index contributed by atoms with van der Waals surface area (Å²) in [6.45, 7) is 1.50. The molecule has 3 rings (SSSR count). The number of rotatable bonds is 6. The lowest BCUT2D eigenvalue weighted by Crippen LogP contribution is -2.03. The van der Waals surface area contributed by atoms with E-state index in [1.165, 1.54) is 12.8 Å². The predicted molar refractivity (Wildman–Crippen MR) is 81.7 cm³/mol. The highest BCUT2D eigenvalue weighted by molar-refractivity contribution is 9.10. The van der Waals surface area contributed by atoms with Gasteiger partial charge in [0.05, 0.1) is 6.61 Å². The van der Waals surface area contributed by atoms with E-state index in [0.717, 1.165) is 28.4 Å². The molecule has 0 spiro atoms. The van der Waals surface area contributed by atoms with Crippen molar-refractivity contribution in [3.05, 3.63) is 46.7 Å². The van der Waals surface area contributed by atoms with Gasteiger partial charge in [-0.25, -0.2) is 9.97 Å². The van der Waals surface area contributed by atoms with Crippen LogP contribution in [0.15, 0.2) is 41.1 Å². The molecule has 0 saturated heterocycles. The average Bonchev–Trinajstić information content (AvgIpc) is 3.30. The van der Waals surface area contributed by atoms with Crippen molar-refractivity contribution in [1.82, 2.24) is 9.97 Å². The zero-order valence-corrected chi connectivity index (χ0v) is 12.6. The van der Waals surface area contributed by atoms with E-state index in [1.807, 2.05) is 30.5 Å². The number of halogens is 1. The molecule has 4 nitrogen and oxygen atoms in total. The quantitative estimate of drug-likeness (QED) is 0.876. The topological polar surface area (TPSA) is 47.0 Å². The minimum Gasteiger partial charge on any atom is -0.477 e. The highest BCUT2D eigenvalue weighted by Gasteiger charge is 2.21. The van der Waals surface area contributed by atoms with E-state index in [9.17, 15) is 0 Å². The number of ether oxygens (including phenoxy) is 1. The lowest BCUT2D eigenvalue weighted by molar-refractivity contribution is 0.288. The van der Waals surface area contributed by atoms with Gasteiger partial charge in [0.1, 0.15) is 5.82 Å². The molecule has 2 aromatic rings. The second-order valence-corrected chi connectivity index (χ2v) is 5.89. The number of hydrogen-bond donors (Lipinski definition) is 1. The molecule has 0 unspecified atom stereocenters. The van der Waals surface area contributed by atoms with E-state index < -0.39 is 0 Å². The molecule has 1 aliphatic rings. The summed E-state index contributed by atoms with van der Waals surface area (Å²) in [5.74, 6) is 2.31. The van der Waals surface area contributed by atoms with Gasteiger partial charge in [0.2, 0.25) is 5.88 Å². The van der Waals surface area contributed by atoms with Crippen LogP contribution in [0.3, 0.4) is 0 Å². The van der Waals surface area contributed by atoms with Gasteiger partial charge in [0.15, 0.2) is 0 Å². The molecule has 1 aliphatic carbocycles. The summed E-state index contributed by atoms with van der Waals surface area (Å²) in [7, 11) is 0. The van der Waals surface area contributed by atoms with Crippen LogP contribution in [-0.2, 0) is 6.54 Å². The third-order valence-electron chi connectivity index (χ3n) is 3.16. The van der Waals surface area contributed by atoms with Crippen molar-refractivity contribution < 1.29 is 4.74 Å². The number of aromatic nitrogens is 2. The highest BCUT2D eigenvalue weighted by atomic mass is 79.9. The Balaban J connectivity index is 1.50. The van der Waals surface area contributed by atoms with Crippen LogP contribution in [0.1, 0.15) is 18.4 Å². The fraction of sp³-hybridized carbons (Fsp3) is 0.333. The molecule has 2 aromatic heterocycles. The molecular weight excluding hydrogens is 318 g/mol. The molecule has 1 fully saturated rings. The van der Waals surface area contributed by atoms with E-state index in [2.05, 4.69) is 31.2 Å². The Morgan fingerprint density at radius 3 is 2.70 bits per heavy atom. The first-order valence-corrected chi connectivity index (χ1v) is 7.52. The Bertz CT molecular complexity index is 552. The summed E-state index contributed by atoms with van der Waals surface area (Å²) in [5, 5.41) is 3.26. The molecule has 0 radical (unpaired) electrons. The van der Waals surface area contributed by atoms with E-state index in [1.54, 1.807) is 6.20 Å². The molecule has 0 amide bonds. The molecule has 20 heavy (non-hydrogen) atoms. The molecule has 1 N–H and O–H groups in total. The first-order valence-electron chi connectivity index (χ1n) is 6.73. The Kier molecular flexibility index (Phi) is 4.16. The van der Waals surface area contributed by atoms with Crippen molar-refractivity contribution in [2.24, 2.45) is 5.92 Å². The number of nitrogens with one attached hydrogen (secondary N) is 1. The van der Waals surface area contributed by atoms with Gasteiger partial charge in [-0.05, 0) is 52.4 Å². The normalized spacial score (nSPS) is 14.1. The first kappa shape index (κ1) is 13.4. The highest BCUT2D eigenvalue weighted by Crippen LogP contribution is 2.29. The molecular formula is C15H16BrN3O. The first-order chi connectivity index (χ1) is 9.79. The third kappa shape index (κ3) is 3.93. The monoisotopic (exact) mass is 333 g/mol. The van der Waals surface area contributed by atoms with Gasteiger partial charge in [-0.3, -0.25) is 0 Å². The Labute approximate surface area is 126 Å². The van der Waals surface area contributed by atoms with Crippen LogP contribution >= 0.6 is 15.9 Å². The lowest BCUT2D eigenvalue weighted by atomic mass is 10.3. The van der Waals surface area contributed by atoms with Gasteiger partial charge in [0, 0.05) is 29.5 Å².